The van der Waals surface area contributed by atoms with E-state index in [1.54, 1.807) is 12.4 Å². The van der Waals surface area contributed by atoms with Crippen LogP contribution in [0.15, 0.2) is 36.8 Å². The number of amides is 1. The van der Waals surface area contributed by atoms with Gasteiger partial charge in [-0.15, -0.1) is 0 Å². The number of aromatic nitrogens is 2. The summed E-state index contributed by atoms with van der Waals surface area (Å²) in [6, 6.07) is 5.91. The molecular formula is C17H21N3O. The monoisotopic (exact) mass is 283 g/mol. The molecule has 3 heterocycles. The highest BCUT2D eigenvalue weighted by Crippen LogP contribution is 2.23. The second-order valence-corrected chi connectivity index (χ2v) is 5.96. The fraction of sp³-hybridized carbons (Fsp3) is 0.412. The van der Waals surface area contributed by atoms with Crippen molar-refractivity contribution in [3.05, 3.63) is 42.5 Å². The Morgan fingerprint density at radius 2 is 2.05 bits per heavy atom. The first-order chi connectivity index (χ1) is 10.1. The summed E-state index contributed by atoms with van der Waals surface area (Å²) < 4.78 is 1.93. The summed E-state index contributed by atoms with van der Waals surface area (Å²) >= 11 is 0. The van der Waals surface area contributed by atoms with Crippen LogP contribution in [0.25, 0.3) is 11.1 Å². The number of carbonyl (C=O) groups excluding carboxylic acids is 1. The third kappa shape index (κ3) is 2.84. The third-order valence-electron chi connectivity index (χ3n) is 4.18. The van der Waals surface area contributed by atoms with Gasteiger partial charge in [-0.25, -0.2) is 0 Å². The van der Waals surface area contributed by atoms with Crippen LogP contribution >= 0.6 is 0 Å². The number of hydrogen-bond donors (Lipinski definition) is 0. The molecule has 1 aliphatic heterocycles. The molecule has 1 fully saturated rings. The molecule has 1 aliphatic rings. The van der Waals surface area contributed by atoms with Gasteiger partial charge in [-0.05, 0) is 42.5 Å². The Kier molecular flexibility index (Phi) is 3.78. The summed E-state index contributed by atoms with van der Waals surface area (Å²) in [6.07, 6.45) is 7.88. The SMILES string of the molecule is CC1CCCN(C(=O)c2cc(-c3ccncc3)cn2C)C1. The molecule has 1 amide bonds. The normalized spacial score (nSPS) is 18.8. The van der Waals surface area contributed by atoms with Crippen molar-refractivity contribution >= 4 is 5.91 Å². The van der Waals surface area contributed by atoms with Gasteiger partial charge in [-0.1, -0.05) is 6.92 Å². The minimum absolute atomic E-state index is 0.143. The van der Waals surface area contributed by atoms with Gasteiger partial charge in [0.1, 0.15) is 5.69 Å². The first-order valence-electron chi connectivity index (χ1n) is 7.51. The average molecular weight is 283 g/mol. The molecule has 0 bridgehead atoms. The maximum absolute atomic E-state index is 12.7. The number of piperidine rings is 1. The van der Waals surface area contributed by atoms with Crippen molar-refractivity contribution < 1.29 is 4.79 Å². The fourth-order valence-electron chi connectivity index (χ4n) is 3.02. The van der Waals surface area contributed by atoms with Crippen LogP contribution in [0.4, 0.5) is 0 Å². The predicted molar refractivity (Wildman–Crippen MR) is 82.9 cm³/mol. The van der Waals surface area contributed by atoms with Gasteiger partial charge < -0.3 is 9.47 Å². The summed E-state index contributed by atoms with van der Waals surface area (Å²) in [4.78, 5) is 18.7. The van der Waals surface area contributed by atoms with Crippen molar-refractivity contribution in [3.63, 3.8) is 0 Å². The van der Waals surface area contributed by atoms with Gasteiger partial charge in [-0.3, -0.25) is 9.78 Å². The first-order valence-corrected chi connectivity index (χ1v) is 7.51. The number of aryl methyl sites for hydroxylation is 1. The largest absolute Gasteiger partial charge is 0.346 e. The third-order valence-corrected chi connectivity index (χ3v) is 4.18. The molecule has 1 saturated heterocycles. The molecule has 0 aliphatic carbocycles. The van der Waals surface area contributed by atoms with Crippen molar-refractivity contribution in [2.45, 2.75) is 19.8 Å². The van der Waals surface area contributed by atoms with Crippen LogP contribution in [0, 0.1) is 5.92 Å². The Bertz CT molecular complexity index is 633. The molecule has 0 spiro atoms. The lowest BCUT2D eigenvalue weighted by molar-refractivity contribution is 0.0673. The van der Waals surface area contributed by atoms with Crippen molar-refractivity contribution in [2.75, 3.05) is 13.1 Å². The Morgan fingerprint density at radius 3 is 2.76 bits per heavy atom. The summed E-state index contributed by atoms with van der Waals surface area (Å²) in [5, 5.41) is 0. The van der Waals surface area contributed by atoms with Crippen LogP contribution in [0.5, 0.6) is 0 Å². The van der Waals surface area contributed by atoms with E-state index in [1.165, 1.54) is 6.42 Å². The minimum Gasteiger partial charge on any atom is -0.346 e. The number of likely N-dealkylation sites (tertiary alicyclic amines) is 1. The van der Waals surface area contributed by atoms with E-state index in [0.29, 0.717) is 5.92 Å². The molecule has 0 N–H and O–H groups in total. The molecule has 1 unspecified atom stereocenters. The number of rotatable bonds is 2. The van der Waals surface area contributed by atoms with Crippen molar-refractivity contribution in [1.82, 2.24) is 14.5 Å². The zero-order chi connectivity index (χ0) is 14.8. The van der Waals surface area contributed by atoms with Crippen LogP contribution in [-0.4, -0.2) is 33.4 Å². The maximum atomic E-state index is 12.7. The van der Waals surface area contributed by atoms with E-state index in [9.17, 15) is 4.79 Å². The molecule has 4 nitrogen and oxygen atoms in total. The van der Waals surface area contributed by atoms with Crippen LogP contribution in [-0.2, 0) is 7.05 Å². The highest BCUT2D eigenvalue weighted by Gasteiger charge is 2.24. The van der Waals surface area contributed by atoms with Gasteiger partial charge in [0.2, 0.25) is 0 Å². The zero-order valence-corrected chi connectivity index (χ0v) is 12.6. The second kappa shape index (κ2) is 5.72. The quantitative estimate of drug-likeness (QED) is 0.850. The van der Waals surface area contributed by atoms with Gasteiger partial charge in [0.05, 0.1) is 0 Å². The Labute approximate surface area is 125 Å². The number of pyridine rings is 1. The predicted octanol–water partition coefficient (Wildman–Crippen LogP) is 2.96. The summed E-state index contributed by atoms with van der Waals surface area (Å²) in [5.74, 6) is 0.743. The molecule has 21 heavy (non-hydrogen) atoms. The lowest BCUT2D eigenvalue weighted by Gasteiger charge is -2.30. The molecule has 2 aromatic heterocycles. The molecule has 0 aromatic carbocycles. The second-order valence-electron chi connectivity index (χ2n) is 5.96. The number of nitrogens with zero attached hydrogens (tertiary/aromatic N) is 3. The lowest BCUT2D eigenvalue weighted by Crippen LogP contribution is -2.39. The molecule has 0 radical (unpaired) electrons. The van der Waals surface area contributed by atoms with Gasteiger partial charge in [-0.2, -0.15) is 0 Å². The highest BCUT2D eigenvalue weighted by atomic mass is 16.2. The van der Waals surface area contributed by atoms with E-state index in [-0.39, 0.29) is 5.91 Å². The van der Waals surface area contributed by atoms with Crippen LogP contribution in [0.1, 0.15) is 30.3 Å². The van der Waals surface area contributed by atoms with Gasteiger partial charge in [0.15, 0.2) is 0 Å². The minimum atomic E-state index is 0.143. The molecule has 110 valence electrons. The molecule has 1 atom stereocenters. The van der Waals surface area contributed by atoms with E-state index in [1.807, 2.05) is 40.9 Å². The summed E-state index contributed by atoms with van der Waals surface area (Å²) in [6.45, 7) is 3.96. The average Bonchev–Trinajstić information content (AvgIpc) is 2.89. The van der Waals surface area contributed by atoms with Gasteiger partial charge in [0, 0.05) is 44.3 Å². The maximum Gasteiger partial charge on any atom is 0.270 e. The first kappa shape index (κ1) is 13.9. The smallest absolute Gasteiger partial charge is 0.270 e. The fourth-order valence-corrected chi connectivity index (χ4v) is 3.02. The van der Waals surface area contributed by atoms with Crippen molar-refractivity contribution in [2.24, 2.45) is 13.0 Å². The highest BCUT2D eigenvalue weighted by molar-refractivity contribution is 5.94. The standard InChI is InChI=1S/C17H21N3O/c1-13-4-3-9-20(11-13)17(21)16-10-15(12-19(16)2)14-5-7-18-8-6-14/h5-8,10,12-13H,3-4,9,11H2,1-2H3. The summed E-state index contributed by atoms with van der Waals surface area (Å²) in [7, 11) is 1.94. The topological polar surface area (TPSA) is 38.1 Å². The number of hydrogen-bond acceptors (Lipinski definition) is 2. The van der Waals surface area contributed by atoms with Crippen molar-refractivity contribution in [1.29, 1.82) is 0 Å². The molecule has 4 heteroatoms. The van der Waals surface area contributed by atoms with E-state index in [2.05, 4.69) is 11.9 Å². The molecule has 2 aromatic rings. The molecule has 3 rings (SSSR count). The van der Waals surface area contributed by atoms with E-state index in [0.717, 1.165) is 36.3 Å². The van der Waals surface area contributed by atoms with E-state index in [4.69, 9.17) is 0 Å². The zero-order valence-electron chi connectivity index (χ0n) is 12.6. The van der Waals surface area contributed by atoms with Crippen LogP contribution in [0.3, 0.4) is 0 Å². The number of carbonyl (C=O) groups is 1. The Balaban J connectivity index is 1.86. The lowest BCUT2D eigenvalue weighted by atomic mass is 10.00. The van der Waals surface area contributed by atoms with Crippen molar-refractivity contribution in [3.8, 4) is 11.1 Å². The van der Waals surface area contributed by atoms with Crippen LogP contribution < -0.4 is 0 Å². The summed E-state index contributed by atoms with van der Waals surface area (Å²) in [5.41, 5.74) is 2.91. The molecular weight excluding hydrogens is 262 g/mol. The van der Waals surface area contributed by atoms with Gasteiger partial charge in [0.25, 0.3) is 5.91 Å². The molecule has 0 saturated carbocycles. The van der Waals surface area contributed by atoms with Gasteiger partial charge >= 0.3 is 0 Å². The van der Waals surface area contributed by atoms with E-state index < -0.39 is 0 Å². The van der Waals surface area contributed by atoms with Crippen LogP contribution in [0.2, 0.25) is 0 Å². The Hall–Kier alpha value is -2.10. The van der Waals surface area contributed by atoms with E-state index >= 15 is 0 Å². The Morgan fingerprint density at radius 1 is 1.29 bits per heavy atom.